The van der Waals surface area contributed by atoms with Gasteiger partial charge in [0.15, 0.2) is 11.9 Å². The molecule has 1 aliphatic heterocycles. The quantitative estimate of drug-likeness (QED) is 0.675. The highest BCUT2D eigenvalue weighted by Gasteiger charge is 2.24. The van der Waals surface area contributed by atoms with Crippen LogP contribution in [-0.2, 0) is 0 Å². The van der Waals surface area contributed by atoms with Crippen molar-refractivity contribution in [3.63, 3.8) is 0 Å². The number of fused-ring (bicyclic) bond motifs is 2. The lowest BCUT2D eigenvalue weighted by Crippen LogP contribution is -2.22. The highest BCUT2D eigenvalue weighted by molar-refractivity contribution is 7.19. The van der Waals surface area contributed by atoms with Crippen molar-refractivity contribution in [1.29, 1.82) is 0 Å². The van der Waals surface area contributed by atoms with Crippen molar-refractivity contribution in [2.45, 2.75) is 6.10 Å². The molecule has 0 bridgehead atoms. The molecule has 4 rings (SSSR count). The number of nitrogens with one attached hydrogen (secondary N) is 1. The summed E-state index contributed by atoms with van der Waals surface area (Å²) in [5.41, 5.74) is 0.967. The second kappa shape index (κ2) is 4.69. The average Bonchev–Trinajstić information content (AvgIpc) is 2.91. The Bertz CT molecular complexity index is 750. The second-order valence-corrected chi connectivity index (χ2v) is 6.31. The first-order chi connectivity index (χ1) is 9.81. The summed E-state index contributed by atoms with van der Waals surface area (Å²) in [6.07, 6.45) is 0.0137. The van der Waals surface area contributed by atoms with Gasteiger partial charge in [0.05, 0.1) is 17.3 Å². The van der Waals surface area contributed by atoms with Crippen LogP contribution in [0.25, 0.3) is 10.1 Å². The van der Waals surface area contributed by atoms with Gasteiger partial charge in [-0.25, -0.2) is 0 Å². The highest BCUT2D eigenvalue weighted by Crippen LogP contribution is 2.41. The number of hydrogen-bond acceptors (Lipinski definition) is 3. The van der Waals surface area contributed by atoms with Gasteiger partial charge in [-0.1, -0.05) is 35.9 Å². The van der Waals surface area contributed by atoms with E-state index in [2.05, 4.69) is 35.6 Å². The van der Waals surface area contributed by atoms with Crippen LogP contribution >= 0.6 is 22.9 Å². The molecular formula is C16H12ClNOS. The van der Waals surface area contributed by atoms with Gasteiger partial charge < -0.3 is 10.1 Å². The van der Waals surface area contributed by atoms with Crippen LogP contribution in [0, 0.1) is 0 Å². The lowest BCUT2D eigenvalue weighted by Gasteiger charge is -2.27. The Morgan fingerprint density at radius 2 is 2.05 bits per heavy atom. The first kappa shape index (κ1) is 12.1. The third-order valence-corrected chi connectivity index (χ3v) is 4.97. The number of halogens is 1. The summed E-state index contributed by atoms with van der Waals surface area (Å²) in [4.78, 5) is 1.23. The number of anilines is 1. The first-order valence-electron chi connectivity index (χ1n) is 6.49. The fraction of sp³-hybridized carbons (Fsp3) is 0.125. The van der Waals surface area contributed by atoms with Gasteiger partial charge in [-0.15, -0.1) is 11.3 Å². The first-order valence-corrected chi connectivity index (χ1v) is 7.68. The molecular weight excluding hydrogens is 290 g/mol. The van der Waals surface area contributed by atoms with Crippen LogP contribution in [0.1, 0.15) is 11.0 Å². The van der Waals surface area contributed by atoms with Crippen molar-refractivity contribution >= 4 is 38.7 Å². The van der Waals surface area contributed by atoms with E-state index in [0.717, 1.165) is 18.0 Å². The molecule has 100 valence electrons. The van der Waals surface area contributed by atoms with Crippen LogP contribution in [0.3, 0.4) is 0 Å². The van der Waals surface area contributed by atoms with Crippen molar-refractivity contribution in [2.75, 3.05) is 11.9 Å². The van der Waals surface area contributed by atoms with E-state index < -0.39 is 0 Å². The monoisotopic (exact) mass is 301 g/mol. The summed E-state index contributed by atoms with van der Waals surface area (Å²) >= 11 is 7.99. The van der Waals surface area contributed by atoms with Gasteiger partial charge in [0, 0.05) is 9.58 Å². The molecule has 1 N–H and O–H groups in total. The molecule has 0 radical (unpaired) electrons. The molecule has 4 heteroatoms. The summed E-state index contributed by atoms with van der Waals surface area (Å²) in [5.74, 6) is 0.753. The maximum absolute atomic E-state index is 6.21. The Morgan fingerprint density at radius 3 is 2.95 bits per heavy atom. The third-order valence-electron chi connectivity index (χ3n) is 3.47. The van der Waals surface area contributed by atoms with Gasteiger partial charge in [-0.2, -0.15) is 0 Å². The van der Waals surface area contributed by atoms with E-state index in [4.69, 9.17) is 16.3 Å². The Labute approximate surface area is 126 Å². The predicted molar refractivity (Wildman–Crippen MR) is 85.1 cm³/mol. The molecule has 2 aromatic carbocycles. The van der Waals surface area contributed by atoms with E-state index in [0.29, 0.717) is 5.02 Å². The van der Waals surface area contributed by atoms with Crippen molar-refractivity contribution in [3.05, 3.63) is 58.4 Å². The van der Waals surface area contributed by atoms with Crippen LogP contribution in [0.15, 0.2) is 48.5 Å². The number of rotatable bonds is 1. The topological polar surface area (TPSA) is 21.3 Å². The Hall–Kier alpha value is -1.71. The van der Waals surface area contributed by atoms with Gasteiger partial charge in [0.2, 0.25) is 0 Å². The highest BCUT2D eigenvalue weighted by atomic mass is 35.5. The van der Waals surface area contributed by atoms with Crippen LogP contribution in [0.4, 0.5) is 5.69 Å². The Morgan fingerprint density at radius 1 is 1.15 bits per heavy atom. The molecule has 0 aliphatic carbocycles. The number of benzene rings is 2. The normalized spacial score (nSPS) is 17.4. The second-order valence-electron chi connectivity index (χ2n) is 4.79. The molecule has 1 unspecified atom stereocenters. The fourth-order valence-electron chi connectivity index (χ4n) is 2.47. The minimum atomic E-state index is 0.0137. The smallest absolute Gasteiger partial charge is 0.162 e. The molecule has 2 heterocycles. The summed E-state index contributed by atoms with van der Waals surface area (Å²) in [6, 6.07) is 16.4. The van der Waals surface area contributed by atoms with Crippen LogP contribution in [0.5, 0.6) is 5.75 Å². The zero-order chi connectivity index (χ0) is 13.5. The molecule has 1 atom stereocenters. The molecule has 0 fully saturated rings. The minimum Gasteiger partial charge on any atom is -0.479 e. The van der Waals surface area contributed by atoms with Crippen molar-refractivity contribution < 1.29 is 4.74 Å². The van der Waals surface area contributed by atoms with Gasteiger partial charge >= 0.3 is 0 Å². The molecule has 0 amide bonds. The standard InChI is InChI=1S/C16H12ClNOS/c17-11-5-3-6-12-16(11)19-13(9-18-12)15-8-10-4-1-2-7-14(10)20-15/h1-8,13,18H,9H2. The Balaban J connectivity index is 1.72. The van der Waals surface area contributed by atoms with Gasteiger partial charge in [-0.05, 0) is 29.7 Å². The lowest BCUT2D eigenvalue weighted by molar-refractivity contribution is 0.214. The largest absolute Gasteiger partial charge is 0.479 e. The molecule has 3 aromatic rings. The Kier molecular flexibility index (Phi) is 2.83. The van der Waals surface area contributed by atoms with Gasteiger partial charge in [-0.3, -0.25) is 0 Å². The van der Waals surface area contributed by atoms with Crippen molar-refractivity contribution in [3.8, 4) is 5.75 Å². The fourth-order valence-corrected chi connectivity index (χ4v) is 3.79. The van der Waals surface area contributed by atoms with E-state index in [1.165, 1.54) is 15.0 Å². The molecule has 0 saturated heterocycles. The summed E-state index contributed by atoms with van der Waals surface area (Å²) in [6.45, 7) is 0.764. The van der Waals surface area contributed by atoms with Crippen molar-refractivity contribution in [1.82, 2.24) is 0 Å². The number of ether oxygens (including phenoxy) is 1. The number of hydrogen-bond donors (Lipinski definition) is 1. The molecule has 1 aliphatic rings. The van der Waals surface area contributed by atoms with E-state index in [1.807, 2.05) is 18.2 Å². The lowest BCUT2D eigenvalue weighted by atomic mass is 10.2. The number of para-hydroxylation sites is 1. The summed E-state index contributed by atoms with van der Waals surface area (Å²) in [7, 11) is 0. The van der Waals surface area contributed by atoms with Crippen LogP contribution in [-0.4, -0.2) is 6.54 Å². The minimum absolute atomic E-state index is 0.0137. The molecule has 0 saturated carbocycles. The summed E-state index contributed by atoms with van der Waals surface area (Å²) in [5, 5.41) is 5.31. The number of thiophene rings is 1. The molecule has 20 heavy (non-hydrogen) atoms. The molecule has 2 nitrogen and oxygen atoms in total. The maximum atomic E-state index is 6.21. The predicted octanol–water partition coefficient (Wildman–Crippen LogP) is 5.10. The maximum Gasteiger partial charge on any atom is 0.162 e. The van der Waals surface area contributed by atoms with Crippen molar-refractivity contribution in [2.24, 2.45) is 0 Å². The van der Waals surface area contributed by atoms with Gasteiger partial charge in [0.25, 0.3) is 0 Å². The van der Waals surface area contributed by atoms with Gasteiger partial charge in [0.1, 0.15) is 0 Å². The summed E-state index contributed by atoms with van der Waals surface area (Å²) < 4.78 is 7.38. The zero-order valence-electron chi connectivity index (χ0n) is 10.6. The van der Waals surface area contributed by atoms with E-state index in [1.54, 1.807) is 11.3 Å². The SMILES string of the molecule is Clc1cccc2c1OC(c1cc3ccccc3s1)CN2. The van der Waals surface area contributed by atoms with E-state index in [-0.39, 0.29) is 6.10 Å². The van der Waals surface area contributed by atoms with E-state index >= 15 is 0 Å². The molecule has 1 aromatic heterocycles. The zero-order valence-corrected chi connectivity index (χ0v) is 12.2. The molecule has 0 spiro atoms. The van der Waals surface area contributed by atoms with E-state index in [9.17, 15) is 0 Å². The average molecular weight is 302 g/mol. The van der Waals surface area contributed by atoms with Crippen LogP contribution in [0.2, 0.25) is 5.02 Å². The third kappa shape index (κ3) is 1.94. The van der Waals surface area contributed by atoms with Crippen LogP contribution < -0.4 is 10.1 Å².